The lowest BCUT2D eigenvalue weighted by atomic mass is 10.4. The van der Waals surface area contributed by atoms with Crippen molar-refractivity contribution in [1.29, 1.82) is 0 Å². The summed E-state index contributed by atoms with van der Waals surface area (Å²) in [4.78, 5) is 13.8. The van der Waals surface area contributed by atoms with Gasteiger partial charge in [-0.1, -0.05) is 23.2 Å². The second kappa shape index (κ2) is 4.30. The molecule has 0 aliphatic carbocycles. The van der Waals surface area contributed by atoms with E-state index < -0.39 is 12.6 Å². The molecule has 1 aromatic heterocycles. The van der Waals surface area contributed by atoms with E-state index in [1.165, 1.54) is 12.4 Å². The molecule has 0 aliphatic rings. The summed E-state index contributed by atoms with van der Waals surface area (Å²) < 4.78 is 4.83. The fourth-order valence-corrected chi connectivity index (χ4v) is 1.15. The van der Waals surface area contributed by atoms with Crippen molar-refractivity contribution in [3.63, 3.8) is 0 Å². The average molecular weight is 222 g/mol. The molecule has 4 nitrogen and oxygen atoms in total. The first-order valence-electron chi connectivity index (χ1n) is 3.25. The van der Waals surface area contributed by atoms with Crippen LogP contribution in [0.5, 0.6) is 5.75 Å². The molecule has 0 aliphatic heterocycles. The molecule has 0 saturated carbocycles. The number of hydrogen-bond donors (Lipinski definition) is 1. The molecule has 0 atom stereocenters. The Hall–Kier alpha value is -1.00. The first-order valence-corrected chi connectivity index (χ1v) is 4.00. The lowest BCUT2D eigenvalue weighted by Gasteiger charge is -2.05. The molecule has 0 unspecified atom stereocenters. The van der Waals surface area contributed by atoms with Crippen LogP contribution in [0.1, 0.15) is 0 Å². The second-order valence-corrected chi connectivity index (χ2v) is 2.93. The van der Waals surface area contributed by atoms with E-state index in [9.17, 15) is 4.79 Å². The summed E-state index contributed by atoms with van der Waals surface area (Å²) in [5.41, 5.74) is 0. The summed E-state index contributed by atoms with van der Waals surface area (Å²) in [6.07, 6.45) is 2.65. The fourth-order valence-electron chi connectivity index (χ4n) is 0.671. The van der Waals surface area contributed by atoms with Crippen LogP contribution in [0.3, 0.4) is 0 Å². The zero-order chi connectivity index (χ0) is 9.84. The molecule has 0 radical (unpaired) electrons. The summed E-state index contributed by atoms with van der Waals surface area (Å²) >= 11 is 11.3. The van der Waals surface area contributed by atoms with Gasteiger partial charge in [0, 0.05) is 12.4 Å². The summed E-state index contributed by atoms with van der Waals surface area (Å²) in [5.74, 6) is -0.954. The molecule has 0 saturated heterocycles. The number of pyridine rings is 1. The standard InChI is InChI=1S/C7H5Cl2NO3/c8-4-1-10-2-5(9)7(4)13-3-6(11)12/h1-2H,3H2,(H,11,12). The number of nitrogens with zero attached hydrogens (tertiary/aromatic N) is 1. The van der Waals surface area contributed by atoms with E-state index in [2.05, 4.69) is 4.98 Å². The van der Waals surface area contributed by atoms with Gasteiger partial charge in [0.2, 0.25) is 0 Å². The van der Waals surface area contributed by atoms with Crippen molar-refractivity contribution in [2.24, 2.45) is 0 Å². The topological polar surface area (TPSA) is 59.4 Å². The highest BCUT2D eigenvalue weighted by atomic mass is 35.5. The zero-order valence-corrected chi connectivity index (χ0v) is 7.84. The van der Waals surface area contributed by atoms with Gasteiger partial charge in [-0.3, -0.25) is 4.98 Å². The van der Waals surface area contributed by atoms with Gasteiger partial charge in [-0.15, -0.1) is 0 Å². The maximum absolute atomic E-state index is 10.2. The molecule has 0 bridgehead atoms. The third-order valence-electron chi connectivity index (χ3n) is 1.15. The minimum atomic E-state index is -1.09. The number of carbonyl (C=O) groups is 1. The van der Waals surface area contributed by atoms with Gasteiger partial charge in [-0.05, 0) is 0 Å². The number of aliphatic carboxylic acids is 1. The smallest absolute Gasteiger partial charge is 0.341 e. The van der Waals surface area contributed by atoms with Crippen LogP contribution < -0.4 is 4.74 Å². The third kappa shape index (κ3) is 2.75. The predicted octanol–water partition coefficient (Wildman–Crippen LogP) is 1.85. The Kier molecular flexibility index (Phi) is 3.33. The van der Waals surface area contributed by atoms with Gasteiger partial charge < -0.3 is 9.84 Å². The molecule has 70 valence electrons. The Morgan fingerprint density at radius 3 is 2.46 bits per heavy atom. The monoisotopic (exact) mass is 221 g/mol. The van der Waals surface area contributed by atoms with Gasteiger partial charge in [0.1, 0.15) is 10.0 Å². The van der Waals surface area contributed by atoms with E-state index in [0.717, 1.165) is 0 Å². The van der Waals surface area contributed by atoms with Crippen molar-refractivity contribution in [2.45, 2.75) is 0 Å². The van der Waals surface area contributed by atoms with Crippen LogP contribution in [0.2, 0.25) is 10.0 Å². The van der Waals surface area contributed by atoms with Crippen LogP contribution in [-0.2, 0) is 4.79 Å². The molecule has 13 heavy (non-hydrogen) atoms. The molecule has 6 heteroatoms. The lowest BCUT2D eigenvalue weighted by molar-refractivity contribution is -0.139. The van der Waals surface area contributed by atoms with E-state index in [1.54, 1.807) is 0 Å². The number of carboxylic acids is 1. The normalized spacial score (nSPS) is 9.69. The molecular weight excluding hydrogens is 217 g/mol. The summed E-state index contributed by atoms with van der Waals surface area (Å²) in [6.45, 7) is -0.483. The minimum Gasteiger partial charge on any atom is -0.479 e. The van der Waals surface area contributed by atoms with E-state index in [0.29, 0.717) is 0 Å². The van der Waals surface area contributed by atoms with Gasteiger partial charge in [0.25, 0.3) is 0 Å². The Bertz CT molecular complexity index is 309. The van der Waals surface area contributed by atoms with Crippen molar-refractivity contribution in [1.82, 2.24) is 4.98 Å². The highest BCUT2D eigenvalue weighted by molar-refractivity contribution is 6.36. The first-order chi connectivity index (χ1) is 6.11. The van der Waals surface area contributed by atoms with E-state index in [-0.39, 0.29) is 15.8 Å². The molecule has 0 spiro atoms. The number of carboxylic acid groups (broad SMARTS) is 1. The molecule has 1 aromatic rings. The highest BCUT2D eigenvalue weighted by Crippen LogP contribution is 2.30. The van der Waals surface area contributed by atoms with Crippen LogP contribution >= 0.6 is 23.2 Å². The Morgan fingerprint density at radius 2 is 2.00 bits per heavy atom. The largest absolute Gasteiger partial charge is 0.479 e. The SMILES string of the molecule is O=C(O)COc1c(Cl)cncc1Cl. The van der Waals surface area contributed by atoms with Crippen molar-refractivity contribution in [3.05, 3.63) is 22.4 Å². The number of hydrogen-bond acceptors (Lipinski definition) is 3. The number of rotatable bonds is 3. The number of aromatic nitrogens is 1. The predicted molar refractivity (Wildman–Crippen MR) is 47.4 cm³/mol. The Labute approximate surface area is 84.1 Å². The van der Waals surface area contributed by atoms with Gasteiger partial charge in [-0.2, -0.15) is 0 Å². The van der Waals surface area contributed by atoms with E-state index >= 15 is 0 Å². The maximum Gasteiger partial charge on any atom is 0.341 e. The molecule has 0 fully saturated rings. The Morgan fingerprint density at radius 1 is 1.46 bits per heavy atom. The average Bonchev–Trinajstić information content (AvgIpc) is 2.03. The van der Waals surface area contributed by atoms with Crippen molar-refractivity contribution >= 4 is 29.2 Å². The van der Waals surface area contributed by atoms with Gasteiger partial charge in [0.15, 0.2) is 12.4 Å². The van der Waals surface area contributed by atoms with Crippen molar-refractivity contribution < 1.29 is 14.6 Å². The van der Waals surface area contributed by atoms with Crippen LogP contribution in [0, 0.1) is 0 Å². The van der Waals surface area contributed by atoms with Crippen LogP contribution in [-0.4, -0.2) is 22.7 Å². The molecular formula is C7H5Cl2NO3. The van der Waals surface area contributed by atoms with Crippen LogP contribution in [0.15, 0.2) is 12.4 Å². The maximum atomic E-state index is 10.2. The quantitative estimate of drug-likeness (QED) is 0.847. The summed E-state index contributed by atoms with van der Waals surface area (Å²) in [7, 11) is 0. The number of halogens is 2. The van der Waals surface area contributed by atoms with Crippen LogP contribution in [0.4, 0.5) is 0 Å². The Balaban J connectivity index is 2.81. The van der Waals surface area contributed by atoms with Crippen molar-refractivity contribution in [2.75, 3.05) is 6.61 Å². The fraction of sp³-hybridized carbons (Fsp3) is 0.143. The van der Waals surface area contributed by atoms with Gasteiger partial charge in [0.05, 0.1) is 0 Å². The van der Waals surface area contributed by atoms with E-state index in [4.69, 9.17) is 33.0 Å². The third-order valence-corrected chi connectivity index (χ3v) is 1.69. The lowest BCUT2D eigenvalue weighted by Crippen LogP contribution is -2.09. The molecule has 0 amide bonds. The zero-order valence-electron chi connectivity index (χ0n) is 6.33. The minimum absolute atomic E-state index is 0.140. The van der Waals surface area contributed by atoms with E-state index in [1.807, 2.05) is 0 Å². The highest BCUT2D eigenvalue weighted by Gasteiger charge is 2.08. The van der Waals surface area contributed by atoms with Crippen LogP contribution in [0.25, 0.3) is 0 Å². The van der Waals surface area contributed by atoms with Crippen molar-refractivity contribution in [3.8, 4) is 5.75 Å². The number of ether oxygens (including phenoxy) is 1. The summed E-state index contributed by atoms with van der Waals surface area (Å²) in [6, 6.07) is 0. The van der Waals surface area contributed by atoms with Gasteiger partial charge >= 0.3 is 5.97 Å². The molecule has 1 N–H and O–H groups in total. The second-order valence-electron chi connectivity index (χ2n) is 2.11. The van der Waals surface area contributed by atoms with Gasteiger partial charge in [-0.25, -0.2) is 4.79 Å². The molecule has 1 rings (SSSR count). The molecule has 1 heterocycles. The molecule has 0 aromatic carbocycles. The first kappa shape index (κ1) is 10.1. The summed E-state index contributed by atoms with van der Waals surface area (Å²) in [5, 5.41) is 8.71.